The van der Waals surface area contributed by atoms with E-state index in [2.05, 4.69) is 31.8 Å². The molecule has 0 saturated heterocycles. The Morgan fingerprint density at radius 2 is 2.05 bits per heavy atom. The molecular weight excluding hydrogens is 334 g/mol. The van der Waals surface area contributed by atoms with E-state index in [0.717, 1.165) is 10.2 Å². The second-order valence-corrected chi connectivity index (χ2v) is 5.13. The fraction of sp³-hybridized carbons (Fsp3) is 0.0667. The lowest BCUT2D eigenvalue weighted by molar-refractivity contribution is -0.119. The molecule has 0 fully saturated rings. The van der Waals surface area contributed by atoms with E-state index in [9.17, 15) is 9.90 Å². The van der Waals surface area contributed by atoms with Gasteiger partial charge in [0.1, 0.15) is 5.75 Å². The lowest BCUT2D eigenvalue weighted by Crippen LogP contribution is -2.25. The summed E-state index contributed by atoms with van der Waals surface area (Å²) >= 11 is 3.36. The number of nitrogens with one attached hydrogen (secondary N) is 2. The first-order valence-electron chi connectivity index (χ1n) is 6.24. The second-order valence-electron chi connectivity index (χ2n) is 4.22. The number of phenols is 1. The minimum atomic E-state index is -0.276. The molecule has 0 aliphatic rings. The van der Waals surface area contributed by atoms with E-state index >= 15 is 0 Å². The van der Waals surface area contributed by atoms with Gasteiger partial charge in [0.2, 0.25) is 0 Å². The summed E-state index contributed by atoms with van der Waals surface area (Å²) in [4.78, 5) is 11.6. The number of benzene rings is 2. The van der Waals surface area contributed by atoms with Crippen molar-refractivity contribution in [1.82, 2.24) is 5.43 Å². The molecule has 0 aliphatic carbocycles. The molecule has 21 heavy (non-hydrogen) atoms. The van der Waals surface area contributed by atoms with E-state index in [1.807, 2.05) is 24.3 Å². The molecule has 0 unspecified atom stereocenters. The van der Waals surface area contributed by atoms with Crippen LogP contribution < -0.4 is 10.7 Å². The number of aromatic hydroxyl groups is 1. The maximum atomic E-state index is 11.6. The van der Waals surface area contributed by atoms with Crippen molar-refractivity contribution in [3.63, 3.8) is 0 Å². The van der Waals surface area contributed by atoms with E-state index in [0.29, 0.717) is 5.56 Å². The highest BCUT2D eigenvalue weighted by atomic mass is 79.9. The zero-order valence-corrected chi connectivity index (χ0v) is 12.7. The number of phenolic OH excluding ortho intramolecular Hbond substituents is 1. The van der Waals surface area contributed by atoms with E-state index in [1.165, 1.54) is 6.21 Å². The largest absolute Gasteiger partial charge is 0.507 e. The van der Waals surface area contributed by atoms with Gasteiger partial charge in [-0.25, -0.2) is 5.43 Å². The number of rotatable bonds is 5. The quantitative estimate of drug-likeness (QED) is 0.575. The number of carbonyl (C=O) groups excluding carboxylic acids is 1. The van der Waals surface area contributed by atoms with Crippen LogP contribution in [0.15, 0.2) is 58.1 Å². The smallest absolute Gasteiger partial charge is 0.259 e. The van der Waals surface area contributed by atoms with Gasteiger partial charge in [0.25, 0.3) is 5.91 Å². The van der Waals surface area contributed by atoms with Gasteiger partial charge in [-0.2, -0.15) is 5.10 Å². The van der Waals surface area contributed by atoms with Crippen molar-refractivity contribution in [2.24, 2.45) is 5.10 Å². The van der Waals surface area contributed by atoms with Crippen molar-refractivity contribution in [3.8, 4) is 5.75 Å². The van der Waals surface area contributed by atoms with Crippen LogP contribution in [0.4, 0.5) is 5.69 Å². The molecule has 0 atom stereocenters. The van der Waals surface area contributed by atoms with Crippen molar-refractivity contribution < 1.29 is 9.90 Å². The second kappa shape index (κ2) is 7.44. The van der Waals surface area contributed by atoms with Crippen molar-refractivity contribution >= 4 is 33.7 Å². The monoisotopic (exact) mass is 347 g/mol. The van der Waals surface area contributed by atoms with Crippen LogP contribution in [0.2, 0.25) is 0 Å². The SMILES string of the molecule is O=C(CNc1cccc(Br)c1)NN=Cc1ccccc1O. The third-order valence-electron chi connectivity index (χ3n) is 2.61. The zero-order chi connectivity index (χ0) is 15.1. The number of anilines is 1. The standard InChI is InChI=1S/C15H14BrN3O2/c16-12-5-3-6-13(8-12)17-10-15(21)19-18-9-11-4-1-2-7-14(11)20/h1-9,17,20H,10H2,(H,19,21). The van der Waals surface area contributed by atoms with E-state index in [1.54, 1.807) is 24.3 Å². The van der Waals surface area contributed by atoms with E-state index in [4.69, 9.17) is 0 Å². The Morgan fingerprint density at radius 3 is 2.81 bits per heavy atom. The number of amides is 1. The zero-order valence-electron chi connectivity index (χ0n) is 11.1. The summed E-state index contributed by atoms with van der Waals surface area (Å²) in [6.45, 7) is 0.106. The number of carbonyl (C=O) groups is 1. The Morgan fingerprint density at radius 1 is 1.24 bits per heavy atom. The summed E-state index contributed by atoms with van der Waals surface area (Å²) in [6, 6.07) is 14.3. The molecule has 2 rings (SSSR count). The Hall–Kier alpha value is -2.34. The molecule has 3 N–H and O–H groups in total. The lowest BCUT2D eigenvalue weighted by atomic mass is 10.2. The molecule has 108 valence electrons. The van der Waals surface area contributed by atoms with Crippen LogP contribution in [-0.4, -0.2) is 23.8 Å². The molecule has 2 aromatic carbocycles. The van der Waals surface area contributed by atoms with Crippen molar-refractivity contribution in [1.29, 1.82) is 0 Å². The van der Waals surface area contributed by atoms with Gasteiger partial charge in [-0.15, -0.1) is 0 Å². The Balaban J connectivity index is 1.81. The Kier molecular flexibility index (Phi) is 5.34. The number of hydrazone groups is 1. The number of halogens is 1. The highest BCUT2D eigenvalue weighted by molar-refractivity contribution is 9.10. The van der Waals surface area contributed by atoms with E-state index in [-0.39, 0.29) is 18.2 Å². The average molecular weight is 348 g/mol. The van der Waals surface area contributed by atoms with Gasteiger partial charge in [0.15, 0.2) is 0 Å². The third kappa shape index (κ3) is 4.92. The first-order chi connectivity index (χ1) is 10.1. The fourth-order valence-corrected chi connectivity index (χ4v) is 1.99. The van der Waals surface area contributed by atoms with Crippen LogP contribution >= 0.6 is 15.9 Å². The lowest BCUT2D eigenvalue weighted by Gasteiger charge is -2.05. The van der Waals surface area contributed by atoms with Crippen molar-refractivity contribution in [3.05, 3.63) is 58.6 Å². The normalized spacial score (nSPS) is 10.5. The molecule has 0 radical (unpaired) electrons. The number of nitrogens with zero attached hydrogens (tertiary/aromatic N) is 1. The van der Waals surface area contributed by atoms with Crippen LogP contribution in [-0.2, 0) is 4.79 Å². The first-order valence-corrected chi connectivity index (χ1v) is 7.04. The molecule has 0 aliphatic heterocycles. The van der Waals surface area contributed by atoms with Gasteiger partial charge in [-0.3, -0.25) is 4.79 Å². The summed E-state index contributed by atoms with van der Waals surface area (Å²) in [7, 11) is 0. The maximum Gasteiger partial charge on any atom is 0.259 e. The first kappa shape index (κ1) is 15.1. The van der Waals surface area contributed by atoms with Gasteiger partial charge < -0.3 is 10.4 Å². The minimum absolute atomic E-state index is 0.106. The van der Waals surface area contributed by atoms with Crippen molar-refractivity contribution in [2.75, 3.05) is 11.9 Å². The molecule has 0 spiro atoms. The molecule has 0 aromatic heterocycles. The molecule has 0 saturated carbocycles. The molecule has 0 bridgehead atoms. The number of hydrogen-bond donors (Lipinski definition) is 3. The van der Waals surface area contributed by atoms with Crippen LogP contribution in [0.5, 0.6) is 5.75 Å². The molecule has 0 heterocycles. The van der Waals surface area contributed by atoms with Crippen LogP contribution in [0.25, 0.3) is 0 Å². The van der Waals surface area contributed by atoms with Crippen LogP contribution in [0.1, 0.15) is 5.56 Å². The van der Waals surface area contributed by atoms with Gasteiger partial charge in [-0.1, -0.05) is 34.1 Å². The summed E-state index contributed by atoms with van der Waals surface area (Å²) < 4.78 is 0.936. The molecule has 5 nitrogen and oxygen atoms in total. The number of para-hydroxylation sites is 1. The van der Waals surface area contributed by atoms with Gasteiger partial charge in [-0.05, 0) is 30.3 Å². The molecule has 2 aromatic rings. The van der Waals surface area contributed by atoms with E-state index < -0.39 is 0 Å². The molecule has 1 amide bonds. The highest BCUT2D eigenvalue weighted by Crippen LogP contribution is 2.15. The Labute approximate surface area is 130 Å². The predicted octanol–water partition coefficient (Wildman–Crippen LogP) is 2.72. The van der Waals surface area contributed by atoms with Gasteiger partial charge >= 0.3 is 0 Å². The summed E-state index contributed by atoms with van der Waals surface area (Å²) in [5.41, 5.74) is 3.77. The summed E-state index contributed by atoms with van der Waals surface area (Å²) in [5.74, 6) is -0.163. The average Bonchev–Trinajstić information content (AvgIpc) is 2.47. The molecule has 6 heteroatoms. The maximum absolute atomic E-state index is 11.6. The summed E-state index contributed by atoms with van der Waals surface area (Å²) in [6.07, 6.45) is 1.40. The van der Waals surface area contributed by atoms with Crippen LogP contribution in [0.3, 0.4) is 0 Å². The van der Waals surface area contributed by atoms with Gasteiger partial charge in [0, 0.05) is 15.7 Å². The number of hydrogen-bond acceptors (Lipinski definition) is 4. The minimum Gasteiger partial charge on any atom is -0.507 e. The predicted molar refractivity (Wildman–Crippen MR) is 86.5 cm³/mol. The Bertz CT molecular complexity index is 659. The van der Waals surface area contributed by atoms with Crippen molar-refractivity contribution in [2.45, 2.75) is 0 Å². The highest BCUT2D eigenvalue weighted by Gasteiger charge is 2.00. The topological polar surface area (TPSA) is 73.7 Å². The fourth-order valence-electron chi connectivity index (χ4n) is 1.59. The molecular formula is C15H14BrN3O2. The third-order valence-corrected chi connectivity index (χ3v) is 3.10. The van der Waals surface area contributed by atoms with Crippen LogP contribution in [0, 0.1) is 0 Å². The summed E-state index contributed by atoms with van der Waals surface area (Å²) in [5, 5.41) is 16.3. The van der Waals surface area contributed by atoms with Gasteiger partial charge in [0.05, 0.1) is 12.8 Å².